The minimum Gasteiger partial charge on any atom is -0.304 e. The van der Waals surface area contributed by atoms with E-state index in [1.807, 2.05) is 32.0 Å². The molecule has 0 radical (unpaired) electrons. The normalized spacial score (nSPS) is 14.2. The van der Waals surface area contributed by atoms with E-state index >= 15 is 0 Å². The molecular formula is C18H23NO. The van der Waals surface area contributed by atoms with Crippen LogP contribution in [0.15, 0.2) is 42.5 Å². The summed E-state index contributed by atoms with van der Waals surface area (Å²) >= 11 is 0. The van der Waals surface area contributed by atoms with E-state index < -0.39 is 0 Å². The van der Waals surface area contributed by atoms with E-state index in [9.17, 15) is 4.79 Å². The fourth-order valence-corrected chi connectivity index (χ4v) is 2.56. The Balaban J connectivity index is 2.49. The Kier molecular flexibility index (Phi) is 4.91. The van der Waals surface area contributed by atoms with Crippen LogP contribution in [-0.4, -0.2) is 12.3 Å². The van der Waals surface area contributed by atoms with Gasteiger partial charge in [-0.05, 0) is 29.3 Å². The van der Waals surface area contributed by atoms with Crippen LogP contribution in [0, 0.1) is 5.92 Å². The first kappa shape index (κ1) is 14.7. The Bertz CT molecular complexity index is 585. The van der Waals surface area contributed by atoms with Crippen molar-refractivity contribution in [2.45, 2.75) is 33.2 Å². The van der Waals surface area contributed by atoms with Crippen molar-refractivity contribution in [3.05, 3.63) is 48.0 Å². The second-order valence-corrected chi connectivity index (χ2v) is 5.27. The lowest BCUT2D eigenvalue weighted by molar-refractivity contribution is -0.124. The van der Waals surface area contributed by atoms with Gasteiger partial charge in [0.25, 0.3) is 0 Å². The molecule has 0 aromatic heterocycles. The van der Waals surface area contributed by atoms with Crippen LogP contribution in [0.25, 0.3) is 10.8 Å². The molecule has 0 fully saturated rings. The quantitative estimate of drug-likeness (QED) is 0.855. The highest BCUT2D eigenvalue weighted by Crippen LogP contribution is 2.27. The minimum atomic E-state index is -0.207. The van der Waals surface area contributed by atoms with Crippen molar-refractivity contribution < 1.29 is 4.79 Å². The largest absolute Gasteiger partial charge is 0.304 e. The van der Waals surface area contributed by atoms with Crippen molar-refractivity contribution >= 4 is 16.6 Å². The van der Waals surface area contributed by atoms with Gasteiger partial charge in [0.2, 0.25) is 0 Å². The van der Waals surface area contributed by atoms with Crippen LogP contribution in [0.1, 0.15) is 38.8 Å². The topological polar surface area (TPSA) is 29.1 Å². The Morgan fingerprint density at radius 1 is 1.10 bits per heavy atom. The summed E-state index contributed by atoms with van der Waals surface area (Å²) in [5.74, 6) is 0.365. The number of benzene rings is 2. The zero-order chi connectivity index (χ0) is 14.5. The Morgan fingerprint density at radius 2 is 1.80 bits per heavy atom. The number of hydrogen-bond acceptors (Lipinski definition) is 2. The van der Waals surface area contributed by atoms with Crippen LogP contribution in [-0.2, 0) is 4.79 Å². The molecule has 0 heterocycles. The van der Waals surface area contributed by atoms with E-state index in [1.165, 1.54) is 5.39 Å². The summed E-state index contributed by atoms with van der Waals surface area (Å²) in [7, 11) is 0. The number of ketones is 1. The molecule has 0 bridgehead atoms. The highest BCUT2D eigenvalue weighted by atomic mass is 16.1. The third kappa shape index (κ3) is 2.91. The lowest BCUT2D eigenvalue weighted by Gasteiger charge is -2.22. The number of likely N-dealkylation sites (N-methyl/N-ethyl adjacent to an activating group) is 1. The lowest BCUT2D eigenvalue weighted by atomic mass is 9.90. The first-order valence-electron chi connectivity index (χ1n) is 7.43. The third-order valence-corrected chi connectivity index (χ3v) is 3.93. The molecule has 0 aliphatic rings. The number of Topliss-reactive ketones (excluding diaryl/α,β-unsaturated/α-hetero) is 1. The van der Waals surface area contributed by atoms with Gasteiger partial charge in [0.15, 0.2) is 5.78 Å². The van der Waals surface area contributed by atoms with Gasteiger partial charge in [-0.15, -0.1) is 0 Å². The van der Waals surface area contributed by atoms with E-state index in [-0.39, 0.29) is 17.7 Å². The molecule has 2 atom stereocenters. The molecule has 106 valence electrons. The van der Waals surface area contributed by atoms with E-state index in [1.54, 1.807) is 0 Å². The van der Waals surface area contributed by atoms with Crippen LogP contribution < -0.4 is 5.32 Å². The molecule has 2 aromatic rings. The molecular weight excluding hydrogens is 246 g/mol. The number of carbonyl (C=O) groups is 1. The van der Waals surface area contributed by atoms with Crippen LogP contribution in [0.2, 0.25) is 0 Å². The Morgan fingerprint density at radius 3 is 2.50 bits per heavy atom. The number of rotatable bonds is 6. The molecule has 2 heteroatoms. The van der Waals surface area contributed by atoms with E-state index in [0.717, 1.165) is 23.9 Å². The molecule has 0 aliphatic carbocycles. The SMILES string of the molecule is CCN[C@H](C(=O)C(C)CC)c1cccc2ccccc12. The fraction of sp³-hybridized carbons (Fsp3) is 0.389. The van der Waals surface area contributed by atoms with Gasteiger partial charge in [0.05, 0.1) is 6.04 Å². The molecule has 20 heavy (non-hydrogen) atoms. The maximum Gasteiger partial charge on any atom is 0.157 e. The number of hydrogen-bond donors (Lipinski definition) is 1. The fourth-order valence-electron chi connectivity index (χ4n) is 2.56. The van der Waals surface area contributed by atoms with Gasteiger partial charge in [-0.3, -0.25) is 4.79 Å². The predicted molar refractivity (Wildman–Crippen MR) is 84.8 cm³/mol. The summed E-state index contributed by atoms with van der Waals surface area (Å²) in [6.07, 6.45) is 0.880. The molecule has 1 unspecified atom stereocenters. The second kappa shape index (κ2) is 6.67. The maximum atomic E-state index is 12.6. The highest BCUT2D eigenvalue weighted by Gasteiger charge is 2.24. The molecule has 2 rings (SSSR count). The molecule has 1 N–H and O–H groups in total. The molecule has 2 aromatic carbocycles. The monoisotopic (exact) mass is 269 g/mol. The molecule has 0 aliphatic heterocycles. The maximum absolute atomic E-state index is 12.6. The molecule has 0 saturated carbocycles. The Labute approximate surface area is 121 Å². The van der Waals surface area contributed by atoms with Crippen LogP contribution in [0.4, 0.5) is 0 Å². The van der Waals surface area contributed by atoms with E-state index in [0.29, 0.717) is 0 Å². The molecule has 0 amide bonds. The van der Waals surface area contributed by atoms with Crippen molar-refractivity contribution in [1.82, 2.24) is 5.32 Å². The Hall–Kier alpha value is -1.67. The van der Waals surface area contributed by atoms with Crippen LogP contribution in [0.5, 0.6) is 0 Å². The minimum absolute atomic E-state index is 0.0815. The van der Waals surface area contributed by atoms with Crippen molar-refractivity contribution in [3.63, 3.8) is 0 Å². The summed E-state index contributed by atoms with van der Waals surface area (Å²) in [5.41, 5.74) is 1.09. The number of carbonyl (C=O) groups excluding carboxylic acids is 1. The van der Waals surface area contributed by atoms with Gasteiger partial charge >= 0.3 is 0 Å². The predicted octanol–water partition coefficient (Wildman–Crippen LogP) is 4.11. The van der Waals surface area contributed by atoms with E-state index in [2.05, 4.69) is 36.5 Å². The first-order chi connectivity index (χ1) is 9.69. The average molecular weight is 269 g/mol. The van der Waals surface area contributed by atoms with Crippen molar-refractivity contribution in [2.75, 3.05) is 6.54 Å². The van der Waals surface area contributed by atoms with Crippen LogP contribution in [0.3, 0.4) is 0 Å². The third-order valence-electron chi connectivity index (χ3n) is 3.93. The number of fused-ring (bicyclic) bond motifs is 1. The van der Waals surface area contributed by atoms with Gasteiger partial charge in [-0.1, -0.05) is 63.2 Å². The summed E-state index contributed by atoms with van der Waals surface area (Å²) < 4.78 is 0. The van der Waals surface area contributed by atoms with Crippen LogP contribution >= 0.6 is 0 Å². The summed E-state index contributed by atoms with van der Waals surface area (Å²) in [5, 5.41) is 5.71. The van der Waals surface area contributed by atoms with Gasteiger partial charge in [-0.2, -0.15) is 0 Å². The van der Waals surface area contributed by atoms with E-state index in [4.69, 9.17) is 0 Å². The summed E-state index contributed by atoms with van der Waals surface area (Å²) in [6.45, 7) is 6.91. The van der Waals surface area contributed by atoms with Gasteiger partial charge in [-0.25, -0.2) is 0 Å². The summed E-state index contributed by atoms with van der Waals surface area (Å²) in [4.78, 5) is 12.6. The molecule has 0 spiro atoms. The van der Waals surface area contributed by atoms with Gasteiger partial charge < -0.3 is 5.32 Å². The zero-order valence-electron chi connectivity index (χ0n) is 12.5. The van der Waals surface area contributed by atoms with Crippen molar-refractivity contribution in [1.29, 1.82) is 0 Å². The number of nitrogens with one attached hydrogen (secondary N) is 1. The first-order valence-corrected chi connectivity index (χ1v) is 7.43. The van der Waals surface area contributed by atoms with Crippen molar-refractivity contribution in [2.24, 2.45) is 5.92 Å². The standard InChI is InChI=1S/C18H23NO/c1-4-13(3)18(20)17(19-5-2)16-12-8-10-14-9-6-7-11-15(14)16/h6-13,17,19H,4-5H2,1-3H3/t13?,17-/m0/s1. The van der Waals surface area contributed by atoms with Gasteiger partial charge in [0, 0.05) is 5.92 Å². The van der Waals surface area contributed by atoms with Crippen molar-refractivity contribution in [3.8, 4) is 0 Å². The van der Waals surface area contributed by atoms with Gasteiger partial charge in [0.1, 0.15) is 0 Å². The zero-order valence-corrected chi connectivity index (χ0v) is 12.5. The summed E-state index contributed by atoms with van der Waals surface area (Å²) in [6, 6.07) is 14.2. The molecule has 0 saturated heterocycles. The highest BCUT2D eigenvalue weighted by molar-refractivity contribution is 5.94. The molecule has 2 nitrogen and oxygen atoms in total. The smallest absolute Gasteiger partial charge is 0.157 e. The lowest BCUT2D eigenvalue weighted by Crippen LogP contribution is -2.32. The second-order valence-electron chi connectivity index (χ2n) is 5.27. The average Bonchev–Trinajstić information content (AvgIpc) is 2.50.